The maximum absolute atomic E-state index is 11.6. The molecule has 2 amide bonds. The van der Waals surface area contributed by atoms with E-state index < -0.39 is 0 Å². The summed E-state index contributed by atoms with van der Waals surface area (Å²) in [5, 5.41) is 2.80. The van der Waals surface area contributed by atoms with Crippen LogP contribution in [-0.4, -0.2) is 23.2 Å². The molecule has 5 heteroatoms. The molecule has 1 aliphatic rings. The second-order valence-electron chi connectivity index (χ2n) is 4.30. The molecule has 1 unspecified atom stereocenters. The predicted octanol–water partition coefficient (Wildman–Crippen LogP) is 2.54. The molecule has 0 radical (unpaired) electrons. The van der Waals surface area contributed by atoms with Crippen LogP contribution in [-0.2, 0) is 9.59 Å². The largest absolute Gasteiger partial charge is 0.325 e. The van der Waals surface area contributed by atoms with Gasteiger partial charge in [0.05, 0.1) is 4.83 Å². The van der Waals surface area contributed by atoms with Crippen LogP contribution in [0.25, 0.3) is 0 Å². The van der Waals surface area contributed by atoms with Crippen molar-refractivity contribution < 1.29 is 9.59 Å². The summed E-state index contributed by atoms with van der Waals surface area (Å²) >= 11 is 3.22. The highest BCUT2D eigenvalue weighted by Crippen LogP contribution is 2.24. The van der Waals surface area contributed by atoms with Gasteiger partial charge in [-0.05, 0) is 31.5 Å². The van der Waals surface area contributed by atoms with Gasteiger partial charge in [-0.25, -0.2) is 0 Å². The third-order valence-electron chi connectivity index (χ3n) is 2.86. The molecule has 96 valence electrons. The minimum absolute atomic E-state index is 0.0973. The number of amides is 2. The van der Waals surface area contributed by atoms with Gasteiger partial charge in [-0.2, -0.15) is 0 Å². The number of nitrogens with zero attached hydrogens (tertiary/aromatic N) is 1. The third-order valence-corrected chi connectivity index (χ3v) is 3.28. The number of benzene rings is 1. The molecule has 1 aromatic rings. The number of carbonyl (C=O) groups excluding carboxylic acids is 2. The second kappa shape index (κ2) is 5.52. The molecule has 18 heavy (non-hydrogen) atoms. The van der Waals surface area contributed by atoms with Crippen molar-refractivity contribution in [3.05, 3.63) is 24.3 Å². The molecule has 1 N–H and O–H groups in total. The Morgan fingerprint density at radius 2 is 2.28 bits per heavy atom. The monoisotopic (exact) mass is 310 g/mol. The van der Waals surface area contributed by atoms with Gasteiger partial charge in [0, 0.05) is 24.3 Å². The summed E-state index contributed by atoms with van der Waals surface area (Å²) in [5.74, 6) is 0.0484. The van der Waals surface area contributed by atoms with Gasteiger partial charge < -0.3 is 10.2 Å². The normalized spacial score (nSPS) is 16.8. The van der Waals surface area contributed by atoms with Crippen molar-refractivity contribution in [2.45, 2.75) is 24.6 Å². The van der Waals surface area contributed by atoms with Crippen molar-refractivity contribution in [1.82, 2.24) is 0 Å². The predicted molar refractivity (Wildman–Crippen MR) is 75.0 cm³/mol. The molecule has 1 atom stereocenters. The number of alkyl halides is 1. The van der Waals surface area contributed by atoms with Crippen LogP contribution >= 0.6 is 15.9 Å². The van der Waals surface area contributed by atoms with Gasteiger partial charge in [-0.15, -0.1) is 0 Å². The van der Waals surface area contributed by atoms with Gasteiger partial charge in [0.15, 0.2) is 0 Å². The summed E-state index contributed by atoms with van der Waals surface area (Å²) in [4.78, 5) is 24.7. The van der Waals surface area contributed by atoms with Crippen LogP contribution in [0.2, 0.25) is 0 Å². The van der Waals surface area contributed by atoms with E-state index in [1.807, 2.05) is 24.3 Å². The Hall–Kier alpha value is -1.36. The Morgan fingerprint density at radius 3 is 2.89 bits per heavy atom. The van der Waals surface area contributed by atoms with Crippen LogP contribution < -0.4 is 10.2 Å². The lowest BCUT2D eigenvalue weighted by atomic mass is 10.2. The van der Waals surface area contributed by atoms with Crippen molar-refractivity contribution in [1.29, 1.82) is 0 Å². The topological polar surface area (TPSA) is 49.4 Å². The van der Waals surface area contributed by atoms with Gasteiger partial charge in [-0.3, -0.25) is 9.59 Å². The van der Waals surface area contributed by atoms with Gasteiger partial charge in [0.2, 0.25) is 11.8 Å². The van der Waals surface area contributed by atoms with Gasteiger partial charge in [0.1, 0.15) is 0 Å². The molecule has 1 aromatic carbocycles. The van der Waals surface area contributed by atoms with E-state index >= 15 is 0 Å². The van der Waals surface area contributed by atoms with E-state index in [-0.39, 0.29) is 16.6 Å². The van der Waals surface area contributed by atoms with Gasteiger partial charge >= 0.3 is 0 Å². The molecule has 0 aromatic heterocycles. The van der Waals surface area contributed by atoms with E-state index in [0.717, 1.165) is 18.7 Å². The van der Waals surface area contributed by atoms with Crippen molar-refractivity contribution in [2.75, 3.05) is 16.8 Å². The highest BCUT2D eigenvalue weighted by Gasteiger charge is 2.21. The maximum Gasteiger partial charge on any atom is 0.237 e. The van der Waals surface area contributed by atoms with Gasteiger partial charge in [0.25, 0.3) is 0 Å². The second-order valence-corrected chi connectivity index (χ2v) is 5.68. The first kappa shape index (κ1) is 13.1. The Morgan fingerprint density at radius 1 is 1.50 bits per heavy atom. The van der Waals surface area contributed by atoms with Crippen molar-refractivity contribution in [3.8, 4) is 0 Å². The van der Waals surface area contributed by atoms with Crippen LogP contribution in [0, 0.1) is 0 Å². The molecule has 1 heterocycles. The lowest BCUT2D eigenvalue weighted by molar-refractivity contribution is -0.117. The number of hydrogen-bond donors (Lipinski definition) is 1. The SMILES string of the molecule is CC(Br)C(=O)Nc1cccc(N2CCCC2=O)c1. The standard InChI is InChI=1S/C13H15BrN2O2/c1-9(14)13(18)15-10-4-2-5-11(8-10)16-7-3-6-12(16)17/h2,4-5,8-9H,3,6-7H2,1H3,(H,15,18). The molecule has 1 fully saturated rings. The number of hydrogen-bond acceptors (Lipinski definition) is 2. The van der Waals surface area contributed by atoms with Crippen LogP contribution in [0.3, 0.4) is 0 Å². The first-order valence-electron chi connectivity index (χ1n) is 5.93. The highest BCUT2D eigenvalue weighted by molar-refractivity contribution is 9.10. The van der Waals surface area contributed by atoms with E-state index in [4.69, 9.17) is 0 Å². The maximum atomic E-state index is 11.6. The minimum atomic E-state index is -0.241. The molecule has 0 spiro atoms. The number of halogens is 1. The molecule has 2 rings (SSSR count). The fraction of sp³-hybridized carbons (Fsp3) is 0.385. The lowest BCUT2D eigenvalue weighted by Gasteiger charge is -2.17. The summed E-state index contributed by atoms with van der Waals surface area (Å²) in [6, 6.07) is 7.37. The Bertz CT molecular complexity index is 474. The Labute approximate surface area is 114 Å². The Kier molecular flexibility index (Phi) is 4.01. The quantitative estimate of drug-likeness (QED) is 0.872. The van der Waals surface area contributed by atoms with Crippen molar-refractivity contribution in [3.63, 3.8) is 0 Å². The fourth-order valence-electron chi connectivity index (χ4n) is 1.91. The number of carbonyl (C=O) groups is 2. The third kappa shape index (κ3) is 2.90. The first-order chi connectivity index (χ1) is 8.58. The van der Waals surface area contributed by atoms with Crippen LogP contribution in [0.15, 0.2) is 24.3 Å². The summed E-state index contributed by atoms with van der Waals surface area (Å²) in [5.41, 5.74) is 1.56. The molecule has 1 aliphatic heterocycles. The average Bonchev–Trinajstić information content (AvgIpc) is 2.75. The zero-order chi connectivity index (χ0) is 13.1. The molecule has 0 aliphatic carbocycles. The van der Waals surface area contributed by atoms with Gasteiger partial charge in [-0.1, -0.05) is 22.0 Å². The molecule has 0 saturated carbocycles. The first-order valence-corrected chi connectivity index (χ1v) is 6.85. The Balaban J connectivity index is 2.15. The van der Waals surface area contributed by atoms with Crippen LogP contribution in [0.4, 0.5) is 11.4 Å². The van der Waals surface area contributed by atoms with Crippen LogP contribution in [0.1, 0.15) is 19.8 Å². The van der Waals surface area contributed by atoms with E-state index in [1.54, 1.807) is 11.8 Å². The van der Waals surface area contributed by atoms with E-state index in [2.05, 4.69) is 21.2 Å². The summed E-state index contributed by atoms with van der Waals surface area (Å²) < 4.78 is 0. The lowest BCUT2D eigenvalue weighted by Crippen LogP contribution is -2.24. The van der Waals surface area contributed by atoms with Crippen molar-refractivity contribution >= 4 is 39.1 Å². The number of rotatable bonds is 3. The smallest absolute Gasteiger partial charge is 0.237 e. The van der Waals surface area contributed by atoms with Crippen LogP contribution in [0.5, 0.6) is 0 Å². The average molecular weight is 311 g/mol. The van der Waals surface area contributed by atoms with E-state index in [9.17, 15) is 9.59 Å². The molecular formula is C13H15BrN2O2. The molecule has 1 saturated heterocycles. The molecule has 4 nitrogen and oxygen atoms in total. The molecular weight excluding hydrogens is 296 g/mol. The van der Waals surface area contributed by atoms with E-state index in [0.29, 0.717) is 12.1 Å². The zero-order valence-corrected chi connectivity index (χ0v) is 11.7. The molecule has 0 bridgehead atoms. The fourth-order valence-corrected chi connectivity index (χ4v) is 2.03. The summed E-state index contributed by atoms with van der Waals surface area (Å²) in [6.07, 6.45) is 1.50. The minimum Gasteiger partial charge on any atom is -0.325 e. The number of nitrogens with one attached hydrogen (secondary N) is 1. The number of anilines is 2. The summed E-state index contributed by atoms with van der Waals surface area (Å²) in [7, 11) is 0. The summed E-state index contributed by atoms with van der Waals surface area (Å²) in [6.45, 7) is 2.52. The van der Waals surface area contributed by atoms with E-state index in [1.165, 1.54) is 0 Å². The van der Waals surface area contributed by atoms with Crippen molar-refractivity contribution in [2.24, 2.45) is 0 Å². The highest BCUT2D eigenvalue weighted by atomic mass is 79.9. The zero-order valence-electron chi connectivity index (χ0n) is 10.1.